The Morgan fingerprint density at radius 2 is 1.22 bits per heavy atom. The lowest BCUT2D eigenvalue weighted by molar-refractivity contribution is -0.144. The maximum atomic E-state index is 12.5. The maximum Gasteiger partial charge on any atom is 0.343 e. The molecule has 3 aromatic rings. The first-order valence-corrected chi connectivity index (χ1v) is 16.9. The Bertz CT molecular complexity index is 1980. The van der Waals surface area contributed by atoms with E-state index in [0.29, 0.717) is 42.7 Å². The van der Waals surface area contributed by atoms with Crippen molar-refractivity contribution in [1.29, 1.82) is 10.5 Å². The highest BCUT2D eigenvalue weighted by Crippen LogP contribution is 2.24. The summed E-state index contributed by atoms with van der Waals surface area (Å²) in [5.41, 5.74) is 3.96. The number of benzene rings is 3. The molecule has 274 valence electrons. The van der Waals surface area contributed by atoms with Gasteiger partial charge >= 0.3 is 17.9 Å². The van der Waals surface area contributed by atoms with Gasteiger partial charge in [-0.05, 0) is 83.6 Å². The van der Waals surface area contributed by atoms with Gasteiger partial charge in [0, 0.05) is 0 Å². The Balaban J connectivity index is 0.000000377. The van der Waals surface area contributed by atoms with Gasteiger partial charge in [-0.15, -0.1) is 0 Å². The van der Waals surface area contributed by atoms with Gasteiger partial charge in [0.15, 0.2) is 0 Å². The SMILES string of the molecule is C#COC(=O)C(C)CC(CC)C(=O)Oc1ccc(C(C=CCC#N)=CC=C)cc1.C=CC=C(C=CCC#N)c1ccc(OC(=O)c2ccc(O)cc2)cc1. The number of hydrogen-bond acceptors (Lipinski definition) is 9. The third-order valence-corrected chi connectivity index (χ3v) is 7.54. The fourth-order valence-corrected chi connectivity index (χ4v) is 4.73. The second kappa shape index (κ2) is 24.1. The van der Waals surface area contributed by atoms with E-state index in [4.69, 9.17) is 26.4 Å². The van der Waals surface area contributed by atoms with Crippen LogP contribution in [-0.4, -0.2) is 23.0 Å². The lowest BCUT2D eigenvalue weighted by Gasteiger charge is -2.17. The Morgan fingerprint density at radius 3 is 1.65 bits per heavy atom. The first-order valence-electron chi connectivity index (χ1n) is 16.9. The average Bonchev–Trinajstić information content (AvgIpc) is 3.17. The molecule has 1 N–H and O–H groups in total. The summed E-state index contributed by atoms with van der Waals surface area (Å²) in [6.45, 7) is 10.9. The van der Waals surface area contributed by atoms with E-state index in [1.165, 1.54) is 24.3 Å². The summed E-state index contributed by atoms with van der Waals surface area (Å²) in [5.74, 6) is -1.46. The van der Waals surface area contributed by atoms with Crippen molar-refractivity contribution in [2.24, 2.45) is 11.8 Å². The Morgan fingerprint density at radius 1 is 0.759 bits per heavy atom. The van der Waals surface area contributed by atoms with Crippen LogP contribution in [0.25, 0.3) is 11.1 Å². The van der Waals surface area contributed by atoms with E-state index in [2.05, 4.69) is 30.0 Å². The molecule has 54 heavy (non-hydrogen) atoms. The van der Waals surface area contributed by atoms with Crippen LogP contribution >= 0.6 is 0 Å². The van der Waals surface area contributed by atoms with E-state index in [1.54, 1.807) is 55.5 Å². The topological polar surface area (TPSA) is 147 Å². The molecule has 9 nitrogen and oxygen atoms in total. The van der Waals surface area contributed by atoms with Gasteiger partial charge in [0.1, 0.15) is 23.4 Å². The highest BCUT2D eigenvalue weighted by molar-refractivity contribution is 5.91. The number of allylic oxidation sites excluding steroid dienone is 10. The molecule has 0 radical (unpaired) electrons. The van der Waals surface area contributed by atoms with Crippen LogP contribution in [0.5, 0.6) is 17.2 Å². The number of hydrogen-bond donors (Lipinski definition) is 1. The van der Waals surface area contributed by atoms with Crippen LogP contribution in [0, 0.1) is 47.0 Å². The van der Waals surface area contributed by atoms with Crippen molar-refractivity contribution in [2.45, 2.75) is 39.5 Å². The molecule has 3 aromatic carbocycles. The predicted molar refractivity (Wildman–Crippen MR) is 209 cm³/mol. The summed E-state index contributed by atoms with van der Waals surface area (Å²) in [7, 11) is 0. The van der Waals surface area contributed by atoms with Crippen LogP contribution in [0.4, 0.5) is 0 Å². The molecule has 0 aliphatic rings. The number of ether oxygens (including phenoxy) is 3. The number of nitrogens with zero attached hydrogens (tertiary/aromatic N) is 2. The van der Waals surface area contributed by atoms with E-state index in [1.807, 2.05) is 61.6 Å². The zero-order chi connectivity index (χ0) is 39.7. The summed E-state index contributed by atoms with van der Waals surface area (Å²) < 4.78 is 15.3. The fraction of sp³-hybridized carbons (Fsp3) is 0.178. The zero-order valence-corrected chi connectivity index (χ0v) is 30.3. The molecule has 0 saturated carbocycles. The van der Waals surface area contributed by atoms with Gasteiger partial charge in [-0.3, -0.25) is 9.59 Å². The third-order valence-electron chi connectivity index (χ3n) is 7.54. The minimum atomic E-state index is -0.533. The van der Waals surface area contributed by atoms with Crippen molar-refractivity contribution in [2.75, 3.05) is 0 Å². The normalized spacial score (nSPS) is 12.1. The summed E-state index contributed by atoms with van der Waals surface area (Å²) in [4.78, 5) is 36.2. The number of phenols is 1. The molecule has 0 heterocycles. The molecular weight excluding hydrogens is 681 g/mol. The van der Waals surface area contributed by atoms with Crippen molar-refractivity contribution in [3.05, 3.63) is 151 Å². The standard InChI is InChI=1S/C24H25NO4.C21H17NO3/c1-5-10-20(11-8-9-16-25)21-12-14-22(15-13-21)29-24(27)19(6-2)17-18(4)23(26)28-7-3;1-2-5-16(6-3-4-15-22)17-9-13-20(14-10-17)25-21(24)18-7-11-19(23)12-8-18/h3,5,8,10-15,18-19H,1,6,9,17H2,2,4H3;2-3,5-14,23H,1,4H2. The van der Waals surface area contributed by atoms with Crippen LogP contribution in [0.1, 0.15) is 61.0 Å². The smallest absolute Gasteiger partial charge is 0.343 e. The van der Waals surface area contributed by atoms with Gasteiger partial charge < -0.3 is 19.3 Å². The largest absolute Gasteiger partial charge is 0.508 e. The van der Waals surface area contributed by atoms with Gasteiger partial charge in [-0.25, -0.2) is 4.79 Å². The molecule has 3 rings (SSSR count). The number of rotatable bonds is 16. The van der Waals surface area contributed by atoms with E-state index >= 15 is 0 Å². The quantitative estimate of drug-likeness (QED) is 0.0661. The number of terminal acetylenes is 1. The fourth-order valence-electron chi connectivity index (χ4n) is 4.73. The maximum absolute atomic E-state index is 12.5. The Kier molecular flexibility index (Phi) is 19.2. The van der Waals surface area contributed by atoms with Crippen molar-refractivity contribution in [1.82, 2.24) is 0 Å². The number of esters is 3. The van der Waals surface area contributed by atoms with Crippen LogP contribution in [0.15, 0.2) is 135 Å². The van der Waals surface area contributed by atoms with E-state index in [9.17, 15) is 19.5 Å². The number of carbonyl (C=O) groups is 3. The van der Waals surface area contributed by atoms with Crippen molar-refractivity contribution >= 4 is 29.1 Å². The average molecular weight is 723 g/mol. The second-order valence-electron chi connectivity index (χ2n) is 11.4. The highest BCUT2D eigenvalue weighted by Gasteiger charge is 2.25. The molecule has 0 fully saturated rings. The first-order chi connectivity index (χ1) is 26.1. The molecule has 9 heteroatoms. The summed E-state index contributed by atoms with van der Waals surface area (Å²) in [5, 5.41) is 26.5. The van der Waals surface area contributed by atoms with Crippen LogP contribution < -0.4 is 9.47 Å². The highest BCUT2D eigenvalue weighted by atomic mass is 16.5. The number of nitriles is 2. The molecule has 2 atom stereocenters. The van der Waals surface area contributed by atoms with Gasteiger partial charge in [-0.2, -0.15) is 10.5 Å². The van der Waals surface area contributed by atoms with Crippen LogP contribution in [-0.2, 0) is 14.3 Å². The van der Waals surface area contributed by atoms with Gasteiger partial charge in [0.05, 0.1) is 42.4 Å². The number of carbonyl (C=O) groups excluding carboxylic acids is 3. The molecular formula is C45H42N2O7. The zero-order valence-electron chi connectivity index (χ0n) is 30.3. The van der Waals surface area contributed by atoms with Gasteiger partial charge in [0.25, 0.3) is 0 Å². The molecule has 0 aromatic heterocycles. The number of aromatic hydroxyl groups is 1. The van der Waals surface area contributed by atoms with Crippen molar-refractivity contribution in [3.8, 4) is 41.9 Å². The van der Waals surface area contributed by atoms with E-state index < -0.39 is 29.7 Å². The molecule has 0 amide bonds. The third kappa shape index (κ3) is 15.0. The lowest BCUT2D eigenvalue weighted by Crippen LogP contribution is -2.25. The summed E-state index contributed by atoms with van der Waals surface area (Å²) in [6.07, 6.45) is 22.5. The van der Waals surface area contributed by atoms with Crippen molar-refractivity contribution in [3.63, 3.8) is 0 Å². The van der Waals surface area contributed by atoms with Gasteiger partial charge in [0.2, 0.25) is 0 Å². The summed E-state index contributed by atoms with van der Waals surface area (Å²) >= 11 is 0. The molecule has 0 bridgehead atoms. The second-order valence-corrected chi connectivity index (χ2v) is 11.4. The molecule has 0 aliphatic heterocycles. The number of phenolic OH excluding ortho intramolecular Hbond substituents is 1. The predicted octanol–water partition coefficient (Wildman–Crippen LogP) is 9.47. The summed E-state index contributed by atoms with van der Waals surface area (Å²) in [6, 6.07) is 24.0. The Hall–Kier alpha value is -7.15. The molecule has 0 aliphatic carbocycles. The molecule has 0 spiro atoms. The minimum Gasteiger partial charge on any atom is -0.508 e. The first kappa shape index (κ1) is 43.0. The van der Waals surface area contributed by atoms with Gasteiger partial charge in [-0.1, -0.05) is 106 Å². The monoisotopic (exact) mass is 722 g/mol. The molecule has 0 saturated heterocycles. The van der Waals surface area contributed by atoms with Crippen LogP contribution in [0.3, 0.4) is 0 Å². The minimum absolute atomic E-state index is 0.0897. The Labute approximate surface area is 317 Å². The van der Waals surface area contributed by atoms with E-state index in [-0.39, 0.29) is 5.75 Å². The molecule has 2 unspecified atom stereocenters. The van der Waals surface area contributed by atoms with Crippen molar-refractivity contribution < 1.29 is 33.7 Å². The van der Waals surface area contributed by atoms with E-state index in [0.717, 1.165) is 22.3 Å². The van der Waals surface area contributed by atoms with Crippen LogP contribution in [0.2, 0.25) is 0 Å². The lowest BCUT2D eigenvalue weighted by atomic mass is 9.94.